The predicted molar refractivity (Wildman–Crippen MR) is 120 cm³/mol. The number of carbonyl (C=O) groups is 2. The van der Waals surface area contributed by atoms with Gasteiger partial charge in [0.15, 0.2) is 0 Å². The highest BCUT2D eigenvalue weighted by Crippen LogP contribution is 2.42. The second kappa shape index (κ2) is 8.70. The van der Waals surface area contributed by atoms with E-state index in [1.807, 2.05) is 31.2 Å². The van der Waals surface area contributed by atoms with Crippen molar-refractivity contribution in [3.8, 4) is 0 Å². The van der Waals surface area contributed by atoms with Gasteiger partial charge in [-0.1, -0.05) is 30.3 Å². The highest BCUT2D eigenvalue weighted by molar-refractivity contribution is 8.00. The number of nitrogens with one attached hydrogen (secondary N) is 1. The van der Waals surface area contributed by atoms with Crippen LogP contribution in [-0.4, -0.2) is 17.6 Å². The van der Waals surface area contributed by atoms with Gasteiger partial charge in [-0.05, 0) is 60.5 Å². The Balaban J connectivity index is 1.51. The summed E-state index contributed by atoms with van der Waals surface area (Å²) in [7, 11) is 0. The largest absolute Gasteiger partial charge is 0.416 e. The number of anilines is 2. The molecule has 32 heavy (non-hydrogen) atoms. The van der Waals surface area contributed by atoms with Crippen molar-refractivity contribution in [3.05, 3.63) is 95.1 Å². The average Bonchev–Trinajstić information content (AvgIpc) is 3.15. The number of aryl methyl sites for hydroxylation is 1. The number of hydrogen-bond donors (Lipinski definition) is 1. The molecule has 1 atom stereocenters. The van der Waals surface area contributed by atoms with Crippen molar-refractivity contribution in [3.63, 3.8) is 0 Å². The monoisotopic (exact) mass is 456 g/mol. The third kappa shape index (κ3) is 4.65. The Morgan fingerprint density at radius 2 is 1.75 bits per heavy atom. The fourth-order valence-electron chi connectivity index (χ4n) is 3.50. The molecule has 1 aliphatic rings. The van der Waals surface area contributed by atoms with Crippen LogP contribution in [0.5, 0.6) is 0 Å². The van der Waals surface area contributed by atoms with Crippen molar-refractivity contribution in [2.75, 3.05) is 16.0 Å². The first-order chi connectivity index (χ1) is 15.2. The number of benzene rings is 3. The fraction of sp³-hybridized carbons (Fsp3) is 0.167. The van der Waals surface area contributed by atoms with Crippen LogP contribution in [0, 0.1) is 6.92 Å². The van der Waals surface area contributed by atoms with E-state index in [-0.39, 0.29) is 16.8 Å². The first-order valence-corrected chi connectivity index (χ1v) is 10.9. The van der Waals surface area contributed by atoms with Gasteiger partial charge in [-0.2, -0.15) is 13.2 Å². The van der Waals surface area contributed by atoms with Crippen molar-refractivity contribution in [1.82, 2.24) is 0 Å². The van der Waals surface area contributed by atoms with E-state index >= 15 is 0 Å². The topological polar surface area (TPSA) is 49.4 Å². The number of hydrogen-bond acceptors (Lipinski definition) is 3. The minimum atomic E-state index is -4.52. The molecule has 1 N–H and O–H groups in total. The lowest BCUT2D eigenvalue weighted by Crippen LogP contribution is -2.27. The number of carbonyl (C=O) groups excluding carboxylic acids is 2. The SMILES string of the molecule is Cc1cccc(N2C(=O)CSC2c2ccc(NC(=O)c3cccc(C(F)(F)F)c3)cc2)c1. The van der Waals surface area contributed by atoms with Gasteiger partial charge in [-0.15, -0.1) is 11.8 Å². The molecule has 3 aromatic rings. The standard InChI is InChI=1S/C24H19F3N2O2S/c1-15-4-2-7-20(12-15)29-21(30)14-32-23(29)16-8-10-19(11-9-16)28-22(31)17-5-3-6-18(13-17)24(25,26)27/h2-13,23H,14H2,1H3,(H,28,31). The summed E-state index contributed by atoms with van der Waals surface area (Å²) in [6.45, 7) is 1.97. The van der Waals surface area contributed by atoms with Crippen molar-refractivity contribution in [2.45, 2.75) is 18.5 Å². The van der Waals surface area contributed by atoms with Crippen molar-refractivity contribution in [2.24, 2.45) is 0 Å². The summed E-state index contributed by atoms with van der Waals surface area (Å²) in [6.07, 6.45) is -4.52. The number of nitrogens with zero attached hydrogens (tertiary/aromatic N) is 1. The molecular formula is C24H19F3N2O2S. The molecule has 1 saturated heterocycles. The lowest BCUT2D eigenvalue weighted by atomic mass is 10.1. The summed E-state index contributed by atoms with van der Waals surface area (Å²) in [6, 6.07) is 19.0. The lowest BCUT2D eigenvalue weighted by molar-refractivity contribution is -0.137. The normalized spacial score (nSPS) is 16.3. The number of thioether (sulfide) groups is 1. The number of halogens is 3. The van der Waals surface area contributed by atoms with Crippen molar-refractivity contribution < 1.29 is 22.8 Å². The molecule has 0 aliphatic carbocycles. The summed E-state index contributed by atoms with van der Waals surface area (Å²) in [5.74, 6) is -0.240. The molecular weight excluding hydrogens is 437 g/mol. The van der Waals surface area contributed by atoms with E-state index in [2.05, 4.69) is 5.32 Å². The van der Waals surface area contributed by atoms with Gasteiger partial charge in [0.2, 0.25) is 5.91 Å². The van der Waals surface area contributed by atoms with Gasteiger partial charge >= 0.3 is 6.18 Å². The van der Waals surface area contributed by atoms with Crippen LogP contribution in [0.4, 0.5) is 24.5 Å². The Labute approximate surface area is 187 Å². The summed E-state index contributed by atoms with van der Waals surface area (Å²) >= 11 is 1.52. The van der Waals surface area contributed by atoms with Gasteiger partial charge < -0.3 is 5.32 Å². The van der Waals surface area contributed by atoms with Crippen LogP contribution in [0.2, 0.25) is 0 Å². The smallest absolute Gasteiger partial charge is 0.322 e. The van der Waals surface area contributed by atoms with Gasteiger partial charge in [-0.25, -0.2) is 0 Å². The first kappa shape index (κ1) is 22.0. The van der Waals surface area contributed by atoms with Crippen molar-refractivity contribution >= 4 is 35.0 Å². The molecule has 1 heterocycles. The second-order valence-corrected chi connectivity index (χ2v) is 8.49. The highest BCUT2D eigenvalue weighted by atomic mass is 32.2. The van der Waals surface area contributed by atoms with Crippen LogP contribution in [0.3, 0.4) is 0 Å². The Hall–Kier alpha value is -3.26. The first-order valence-electron chi connectivity index (χ1n) is 9.81. The predicted octanol–water partition coefficient (Wildman–Crippen LogP) is 6.04. The van der Waals surface area contributed by atoms with Gasteiger partial charge in [0, 0.05) is 16.9 Å². The molecule has 4 nitrogen and oxygen atoms in total. The maximum atomic E-state index is 12.9. The maximum Gasteiger partial charge on any atom is 0.416 e. The van der Waals surface area contributed by atoms with Gasteiger partial charge in [-0.3, -0.25) is 14.5 Å². The van der Waals surface area contributed by atoms with Gasteiger partial charge in [0.05, 0.1) is 11.3 Å². The molecule has 3 aromatic carbocycles. The van der Waals surface area contributed by atoms with Crippen molar-refractivity contribution in [1.29, 1.82) is 0 Å². The van der Waals surface area contributed by atoms with E-state index in [0.29, 0.717) is 11.4 Å². The Morgan fingerprint density at radius 1 is 1.03 bits per heavy atom. The zero-order valence-electron chi connectivity index (χ0n) is 17.0. The molecule has 0 bridgehead atoms. The average molecular weight is 456 g/mol. The van der Waals surface area contributed by atoms with Crippen LogP contribution < -0.4 is 10.2 Å². The lowest BCUT2D eigenvalue weighted by Gasteiger charge is -2.25. The minimum absolute atomic E-state index is 0.0209. The quantitative estimate of drug-likeness (QED) is 0.520. The molecule has 2 amide bonds. The van der Waals surface area contributed by atoms with Crippen LogP contribution in [0.1, 0.15) is 32.4 Å². The fourth-order valence-corrected chi connectivity index (χ4v) is 4.68. The van der Waals surface area contributed by atoms with Gasteiger partial charge in [0.25, 0.3) is 5.91 Å². The molecule has 1 aliphatic heterocycles. The third-order valence-electron chi connectivity index (χ3n) is 5.05. The maximum absolute atomic E-state index is 12.9. The highest BCUT2D eigenvalue weighted by Gasteiger charge is 2.34. The number of rotatable bonds is 4. The number of alkyl halides is 3. The second-order valence-electron chi connectivity index (χ2n) is 7.42. The molecule has 8 heteroatoms. The minimum Gasteiger partial charge on any atom is -0.322 e. The summed E-state index contributed by atoms with van der Waals surface area (Å²) in [5, 5.41) is 2.42. The molecule has 0 saturated carbocycles. The molecule has 164 valence electrons. The molecule has 0 spiro atoms. The van der Waals surface area contributed by atoms with Gasteiger partial charge in [0.1, 0.15) is 5.37 Å². The zero-order chi connectivity index (χ0) is 22.9. The summed E-state index contributed by atoms with van der Waals surface area (Å²) in [4.78, 5) is 26.7. The van der Waals surface area contributed by atoms with Crippen LogP contribution in [0.15, 0.2) is 72.8 Å². The zero-order valence-corrected chi connectivity index (χ0v) is 17.8. The van der Waals surface area contributed by atoms with E-state index in [9.17, 15) is 22.8 Å². The molecule has 4 rings (SSSR count). The van der Waals surface area contributed by atoms with E-state index in [0.717, 1.165) is 28.9 Å². The number of amides is 2. The molecule has 1 unspecified atom stereocenters. The molecule has 0 radical (unpaired) electrons. The Morgan fingerprint density at radius 3 is 2.44 bits per heavy atom. The van der Waals surface area contributed by atoms with Crippen LogP contribution in [-0.2, 0) is 11.0 Å². The van der Waals surface area contributed by atoms with E-state index in [4.69, 9.17) is 0 Å². The third-order valence-corrected chi connectivity index (χ3v) is 6.27. The molecule has 0 aromatic heterocycles. The Kier molecular flexibility index (Phi) is 5.97. The Bertz CT molecular complexity index is 1160. The molecule has 1 fully saturated rings. The summed E-state index contributed by atoms with van der Waals surface area (Å²) in [5.41, 5.74) is 2.27. The van der Waals surface area contributed by atoms with Crippen LogP contribution in [0.25, 0.3) is 0 Å². The van der Waals surface area contributed by atoms with Crippen LogP contribution >= 0.6 is 11.8 Å². The van der Waals surface area contributed by atoms with E-state index in [1.54, 1.807) is 29.2 Å². The van der Waals surface area contributed by atoms with E-state index in [1.165, 1.54) is 23.9 Å². The van der Waals surface area contributed by atoms with E-state index < -0.39 is 17.6 Å². The summed E-state index contributed by atoms with van der Waals surface area (Å²) < 4.78 is 38.7.